The van der Waals surface area contributed by atoms with Gasteiger partial charge in [-0.15, -0.1) is 0 Å². The van der Waals surface area contributed by atoms with E-state index in [9.17, 15) is 9.59 Å². The van der Waals surface area contributed by atoms with E-state index in [4.69, 9.17) is 32.7 Å². The number of piperidine rings is 1. The molecule has 2 aliphatic heterocycles. The lowest BCUT2D eigenvalue weighted by Crippen LogP contribution is -2.49. The number of ether oxygens (including phenoxy) is 2. The van der Waals surface area contributed by atoms with Crippen LogP contribution in [0.3, 0.4) is 0 Å². The van der Waals surface area contributed by atoms with Crippen molar-refractivity contribution in [2.45, 2.75) is 19.3 Å². The van der Waals surface area contributed by atoms with Crippen molar-refractivity contribution in [2.24, 2.45) is 5.92 Å². The molecule has 0 spiro atoms. The van der Waals surface area contributed by atoms with Crippen molar-refractivity contribution >= 4 is 35.0 Å². The Bertz CT molecular complexity index is 680. The van der Waals surface area contributed by atoms with E-state index in [2.05, 4.69) is 0 Å². The molecule has 2 heterocycles. The second-order valence-electron chi connectivity index (χ2n) is 6.79. The third-order valence-corrected chi connectivity index (χ3v) is 5.66. The molecule has 2 amide bonds. The summed E-state index contributed by atoms with van der Waals surface area (Å²) in [6.45, 7) is 3.90. The number of hydrogen-bond donors (Lipinski definition) is 0. The van der Waals surface area contributed by atoms with Gasteiger partial charge in [0.2, 0.25) is 11.8 Å². The SMILES string of the molecule is O=C(CCOc1ccc(Cl)c(Cl)c1)N1CCCC(C(=O)N2CCOCC2)C1. The monoisotopic (exact) mass is 414 g/mol. The zero-order valence-electron chi connectivity index (χ0n) is 15.2. The fourth-order valence-electron chi connectivity index (χ4n) is 3.43. The van der Waals surface area contributed by atoms with Crippen LogP contribution in [0.4, 0.5) is 0 Å². The average Bonchev–Trinajstić information content (AvgIpc) is 2.71. The van der Waals surface area contributed by atoms with Gasteiger partial charge in [0.05, 0.1) is 42.2 Å². The molecule has 0 saturated carbocycles. The number of rotatable bonds is 5. The highest BCUT2D eigenvalue weighted by Gasteiger charge is 2.31. The largest absolute Gasteiger partial charge is 0.493 e. The maximum Gasteiger partial charge on any atom is 0.227 e. The molecule has 27 heavy (non-hydrogen) atoms. The topological polar surface area (TPSA) is 59.1 Å². The fraction of sp³-hybridized carbons (Fsp3) is 0.579. The summed E-state index contributed by atoms with van der Waals surface area (Å²) in [4.78, 5) is 28.8. The van der Waals surface area contributed by atoms with E-state index in [0.29, 0.717) is 55.2 Å². The van der Waals surface area contributed by atoms with E-state index in [1.54, 1.807) is 23.1 Å². The number of amides is 2. The molecule has 2 fully saturated rings. The normalized spacial score (nSPS) is 20.4. The number of nitrogens with zero attached hydrogens (tertiary/aromatic N) is 2. The Hall–Kier alpha value is -1.50. The smallest absolute Gasteiger partial charge is 0.227 e. The van der Waals surface area contributed by atoms with Gasteiger partial charge in [-0.05, 0) is 25.0 Å². The lowest BCUT2D eigenvalue weighted by atomic mass is 9.96. The Balaban J connectivity index is 1.46. The van der Waals surface area contributed by atoms with Gasteiger partial charge in [-0.3, -0.25) is 9.59 Å². The summed E-state index contributed by atoms with van der Waals surface area (Å²) >= 11 is 11.8. The molecule has 2 saturated heterocycles. The Morgan fingerprint density at radius 1 is 1.11 bits per heavy atom. The minimum absolute atomic E-state index is 0.00883. The van der Waals surface area contributed by atoms with E-state index >= 15 is 0 Å². The minimum atomic E-state index is -0.114. The molecular formula is C19H24Cl2N2O4. The van der Waals surface area contributed by atoms with Crippen LogP contribution in [0.1, 0.15) is 19.3 Å². The summed E-state index contributed by atoms with van der Waals surface area (Å²) in [5.74, 6) is 0.616. The van der Waals surface area contributed by atoms with E-state index in [-0.39, 0.29) is 30.8 Å². The van der Waals surface area contributed by atoms with Gasteiger partial charge >= 0.3 is 0 Å². The predicted molar refractivity (Wildman–Crippen MR) is 103 cm³/mol. The van der Waals surface area contributed by atoms with Crippen molar-refractivity contribution in [3.63, 3.8) is 0 Å². The molecule has 0 bridgehead atoms. The summed E-state index contributed by atoms with van der Waals surface area (Å²) in [5.41, 5.74) is 0. The summed E-state index contributed by atoms with van der Waals surface area (Å²) in [6, 6.07) is 5.01. The first-order chi connectivity index (χ1) is 13.0. The molecule has 1 atom stereocenters. The fourth-order valence-corrected chi connectivity index (χ4v) is 3.72. The van der Waals surface area contributed by atoms with Gasteiger partial charge in [0.15, 0.2) is 0 Å². The molecule has 8 heteroatoms. The molecule has 2 aliphatic rings. The number of benzene rings is 1. The summed E-state index contributed by atoms with van der Waals surface area (Å²) < 4.78 is 10.9. The number of carbonyl (C=O) groups excluding carboxylic acids is 2. The maximum atomic E-state index is 12.7. The highest BCUT2D eigenvalue weighted by molar-refractivity contribution is 6.42. The highest BCUT2D eigenvalue weighted by Crippen LogP contribution is 2.26. The van der Waals surface area contributed by atoms with E-state index in [1.165, 1.54) is 0 Å². The van der Waals surface area contributed by atoms with Crippen molar-refractivity contribution in [1.82, 2.24) is 9.80 Å². The molecule has 0 aliphatic carbocycles. The lowest BCUT2D eigenvalue weighted by molar-refractivity contribution is -0.144. The van der Waals surface area contributed by atoms with Crippen LogP contribution in [0.5, 0.6) is 5.75 Å². The molecule has 0 radical (unpaired) electrons. The first-order valence-corrected chi connectivity index (χ1v) is 10.0. The molecule has 148 valence electrons. The molecular weight excluding hydrogens is 391 g/mol. The van der Waals surface area contributed by atoms with Gasteiger partial charge in [0, 0.05) is 32.2 Å². The number of morpholine rings is 1. The van der Waals surface area contributed by atoms with Crippen molar-refractivity contribution in [3.8, 4) is 5.75 Å². The highest BCUT2D eigenvalue weighted by atomic mass is 35.5. The van der Waals surface area contributed by atoms with E-state index in [0.717, 1.165) is 12.8 Å². The molecule has 6 nitrogen and oxygen atoms in total. The standard InChI is InChI=1S/C19H24Cl2N2O4/c20-16-4-3-15(12-17(16)21)27-9-5-18(24)23-6-1-2-14(13-23)19(25)22-7-10-26-11-8-22/h3-4,12,14H,1-2,5-11,13H2. The van der Waals surface area contributed by atoms with Crippen molar-refractivity contribution in [3.05, 3.63) is 28.2 Å². The maximum absolute atomic E-state index is 12.7. The van der Waals surface area contributed by atoms with Crippen LogP contribution in [0.15, 0.2) is 18.2 Å². The van der Waals surface area contributed by atoms with Gasteiger partial charge < -0.3 is 19.3 Å². The number of likely N-dealkylation sites (tertiary alicyclic amines) is 1. The van der Waals surface area contributed by atoms with E-state index in [1.807, 2.05) is 4.90 Å². The van der Waals surface area contributed by atoms with Crippen molar-refractivity contribution in [2.75, 3.05) is 46.0 Å². The number of hydrogen-bond acceptors (Lipinski definition) is 4. The minimum Gasteiger partial charge on any atom is -0.493 e. The van der Waals surface area contributed by atoms with Crippen LogP contribution in [0.25, 0.3) is 0 Å². The third kappa shape index (κ3) is 5.50. The Morgan fingerprint density at radius 2 is 1.89 bits per heavy atom. The quantitative estimate of drug-likeness (QED) is 0.742. The van der Waals surface area contributed by atoms with Crippen molar-refractivity contribution < 1.29 is 19.1 Å². The van der Waals surface area contributed by atoms with E-state index < -0.39 is 0 Å². The Morgan fingerprint density at radius 3 is 2.63 bits per heavy atom. The first-order valence-electron chi connectivity index (χ1n) is 9.27. The summed E-state index contributed by atoms with van der Waals surface area (Å²) in [6.07, 6.45) is 1.94. The zero-order chi connectivity index (χ0) is 19.2. The Kier molecular flexibility index (Phi) is 7.21. The average molecular weight is 415 g/mol. The van der Waals surface area contributed by atoms with Crippen LogP contribution in [-0.2, 0) is 14.3 Å². The van der Waals surface area contributed by atoms with Gasteiger partial charge in [-0.25, -0.2) is 0 Å². The Labute approximate surface area is 169 Å². The van der Waals surface area contributed by atoms with Gasteiger partial charge in [-0.2, -0.15) is 0 Å². The van der Waals surface area contributed by atoms with Crippen LogP contribution < -0.4 is 4.74 Å². The summed E-state index contributed by atoms with van der Waals surface area (Å²) in [7, 11) is 0. The van der Waals surface area contributed by atoms with Gasteiger partial charge in [0.25, 0.3) is 0 Å². The molecule has 3 rings (SSSR count). The molecule has 1 aromatic carbocycles. The van der Waals surface area contributed by atoms with Crippen LogP contribution in [0.2, 0.25) is 10.0 Å². The second kappa shape index (κ2) is 9.62. The van der Waals surface area contributed by atoms with Gasteiger partial charge in [-0.1, -0.05) is 23.2 Å². The van der Waals surface area contributed by atoms with Crippen LogP contribution in [-0.4, -0.2) is 67.6 Å². The number of carbonyl (C=O) groups is 2. The third-order valence-electron chi connectivity index (χ3n) is 4.92. The molecule has 1 unspecified atom stereocenters. The first kappa shape index (κ1) is 20.2. The molecule has 0 N–H and O–H groups in total. The van der Waals surface area contributed by atoms with Gasteiger partial charge in [0.1, 0.15) is 5.75 Å². The van der Waals surface area contributed by atoms with Crippen LogP contribution >= 0.6 is 23.2 Å². The van der Waals surface area contributed by atoms with Crippen molar-refractivity contribution in [1.29, 1.82) is 0 Å². The molecule has 0 aromatic heterocycles. The summed E-state index contributed by atoms with van der Waals surface area (Å²) in [5, 5.41) is 0.880. The lowest BCUT2D eigenvalue weighted by Gasteiger charge is -2.36. The second-order valence-corrected chi connectivity index (χ2v) is 7.61. The predicted octanol–water partition coefficient (Wildman–Crippen LogP) is 2.86. The molecule has 1 aromatic rings. The number of halogens is 2. The zero-order valence-corrected chi connectivity index (χ0v) is 16.7. The van der Waals surface area contributed by atoms with Crippen LogP contribution in [0, 0.1) is 5.92 Å².